The molecule has 3 aliphatic rings. The van der Waals surface area contributed by atoms with Crippen LogP contribution in [0.1, 0.15) is 68.7 Å². The summed E-state index contributed by atoms with van der Waals surface area (Å²) in [5.74, 6) is 0. The first-order valence-corrected chi connectivity index (χ1v) is 16.6. The molecule has 3 heteroatoms. The second-order valence-corrected chi connectivity index (χ2v) is 13.6. The van der Waals surface area contributed by atoms with Crippen molar-refractivity contribution in [1.29, 1.82) is 0 Å². The summed E-state index contributed by atoms with van der Waals surface area (Å²) < 4.78 is 1.60. The van der Waals surface area contributed by atoms with E-state index in [-0.39, 0.29) is 30.2 Å². The fraction of sp³-hybridized carbons (Fsp3) is 0.293. The van der Waals surface area contributed by atoms with Gasteiger partial charge in [-0.25, -0.2) is 12.2 Å². The van der Waals surface area contributed by atoms with E-state index < -0.39 is 0 Å². The van der Waals surface area contributed by atoms with E-state index in [1.165, 1.54) is 68.7 Å². The molecule has 3 aromatic rings. The van der Waals surface area contributed by atoms with Gasteiger partial charge in [0.25, 0.3) is 0 Å². The molecule has 6 rings (SSSR count). The van der Waals surface area contributed by atoms with E-state index in [9.17, 15) is 0 Å². The van der Waals surface area contributed by atoms with E-state index in [1.54, 1.807) is 27.4 Å². The van der Waals surface area contributed by atoms with Gasteiger partial charge in [0.15, 0.2) is 0 Å². The molecule has 1 atom stereocenters. The molecule has 0 fully saturated rings. The molecule has 0 radical (unpaired) electrons. The van der Waals surface area contributed by atoms with Crippen LogP contribution in [0.25, 0.3) is 11.6 Å². The predicted octanol–water partition coefficient (Wildman–Crippen LogP) is 9.47. The van der Waals surface area contributed by atoms with Gasteiger partial charge in [-0.2, -0.15) is 23.8 Å². The summed E-state index contributed by atoms with van der Waals surface area (Å²) in [4.78, 5) is 0. The van der Waals surface area contributed by atoms with E-state index in [0.717, 1.165) is 19.3 Å². The number of hydrogen-bond acceptors (Lipinski definition) is 0. The van der Waals surface area contributed by atoms with Crippen LogP contribution in [-0.2, 0) is 37.1 Å². The Kier molecular flexibility index (Phi) is 16.0. The third-order valence-corrected chi connectivity index (χ3v) is 9.19. The van der Waals surface area contributed by atoms with Crippen molar-refractivity contribution in [1.82, 2.24) is 0 Å². The first-order valence-electron chi connectivity index (χ1n) is 15.3. The minimum atomic E-state index is 0. The molecule has 0 spiro atoms. The van der Waals surface area contributed by atoms with Crippen LogP contribution in [0.2, 0.25) is 0 Å². The van der Waals surface area contributed by atoms with E-state index in [0.29, 0.717) is 0 Å². The molecule has 0 heterocycles. The summed E-state index contributed by atoms with van der Waals surface area (Å²) in [7, 11) is 0. The Morgan fingerprint density at radius 3 is 1.93 bits per heavy atom. The van der Waals surface area contributed by atoms with Gasteiger partial charge in [-0.05, 0) is 37.3 Å². The zero-order valence-electron chi connectivity index (χ0n) is 26.9. The fourth-order valence-electron chi connectivity index (χ4n) is 5.48. The first-order chi connectivity index (χ1) is 20.3. The molecule has 0 aromatic heterocycles. The number of aryl methyl sites for hydroxylation is 2. The molecule has 0 nitrogen and oxygen atoms in total. The number of hydrogen-bond donors (Lipinski definition) is 0. The van der Waals surface area contributed by atoms with E-state index in [2.05, 4.69) is 138 Å². The van der Waals surface area contributed by atoms with Crippen molar-refractivity contribution in [3.63, 3.8) is 0 Å². The van der Waals surface area contributed by atoms with Crippen LogP contribution >= 0.6 is 24.8 Å². The maximum atomic E-state index is 3.82. The zero-order chi connectivity index (χ0) is 30.0. The van der Waals surface area contributed by atoms with E-state index in [4.69, 9.17) is 0 Å². The third-order valence-electron chi connectivity index (χ3n) is 8.32. The predicted molar refractivity (Wildman–Crippen MR) is 193 cm³/mol. The van der Waals surface area contributed by atoms with Crippen LogP contribution in [0, 0.1) is 31.4 Å². The normalized spacial score (nSPS) is 16.8. The van der Waals surface area contributed by atoms with Crippen molar-refractivity contribution >= 4 is 39.7 Å². The average Bonchev–Trinajstić information content (AvgIpc) is 3.67. The van der Waals surface area contributed by atoms with Crippen molar-refractivity contribution in [2.75, 3.05) is 0 Å². The molecule has 0 N–H and O–H groups in total. The first kappa shape index (κ1) is 37.9. The van der Waals surface area contributed by atoms with Crippen LogP contribution in [0.4, 0.5) is 0 Å². The maximum absolute atomic E-state index is 3.82. The van der Waals surface area contributed by atoms with Gasteiger partial charge in [0.1, 0.15) is 0 Å². The van der Waals surface area contributed by atoms with Crippen LogP contribution < -0.4 is 10.4 Å². The van der Waals surface area contributed by atoms with Gasteiger partial charge in [0.05, 0.1) is 0 Å². The van der Waals surface area contributed by atoms with Gasteiger partial charge in [-0.1, -0.05) is 61.3 Å². The van der Waals surface area contributed by atoms with Gasteiger partial charge in [0.2, 0.25) is 0 Å². The Morgan fingerprint density at radius 2 is 1.43 bits per heavy atom. The van der Waals surface area contributed by atoms with Crippen molar-refractivity contribution in [2.45, 2.75) is 73.1 Å². The minimum absolute atomic E-state index is 0. The molecule has 1 unspecified atom stereocenters. The van der Waals surface area contributed by atoms with Crippen molar-refractivity contribution in [3.05, 3.63) is 153 Å². The molecule has 44 heavy (non-hydrogen) atoms. The van der Waals surface area contributed by atoms with Gasteiger partial charge < -0.3 is 0 Å². The van der Waals surface area contributed by atoms with E-state index in [1.807, 2.05) is 12.2 Å². The molecule has 0 saturated heterocycles. The van der Waals surface area contributed by atoms with Gasteiger partial charge in [-0.15, -0.1) is 42.9 Å². The number of halogens is 2. The Morgan fingerprint density at radius 1 is 0.841 bits per heavy atom. The molecule has 0 aliphatic heterocycles. The molecule has 0 saturated carbocycles. The number of benzene rings is 3. The van der Waals surface area contributed by atoms with Crippen LogP contribution in [-0.4, -0.2) is 3.21 Å². The SMILES string of the molecule is CCCCC1(C)[C-]=C2C=c3cc(C)c(C)cc3=C2C=C1C.Cl.Cl.[C-]1=CC=CC1.[Zr+2]=[C](Cc1ccccc1)Cc1ccccc1. The summed E-state index contributed by atoms with van der Waals surface area (Å²) in [6.07, 6.45) is 24.5. The van der Waals surface area contributed by atoms with Crippen molar-refractivity contribution < 1.29 is 24.2 Å². The average molecular weight is 701 g/mol. The number of fused-ring (bicyclic) bond motifs is 2. The second kappa shape index (κ2) is 18.6. The van der Waals surface area contributed by atoms with Crippen molar-refractivity contribution in [3.8, 4) is 0 Å². The summed E-state index contributed by atoms with van der Waals surface area (Å²) in [6.45, 7) is 11.3. The summed E-state index contributed by atoms with van der Waals surface area (Å²) in [6, 6.07) is 26.1. The molecular formula is C41H46Cl2Zr. The number of allylic oxidation sites excluding steroid dienone is 8. The standard InChI is InChI=1S/C21H25.C15H14.C5H5.2ClH.Zr/c1-6-7-8-21(5)13-18-12-17-9-14(2)15(3)10-19(17)20(18)11-16(21)4;1-3-8-14(9-4-1)12-7-13-15-10-5-2-6-11-15;1-2-4-5-3-1;;;/h9-12H,6-8H2,1-5H3;1-6,8-11H,12-13H2;1-3H,4H2;2*1H;/q-1;;-1;;;+2. The van der Waals surface area contributed by atoms with Gasteiger partial charge >= 0.3 is 112 Å². The van der Waals surface area contributed by atoms with Crippen molar-refractivity contribution in [2.24, 2.45) is 5.41 Å². The number of rotatable bonds is 7. The quantitative estimate of drug-likeness (QED) is 0.216. The van der Waals surface area contributed by atoms with Crippen LogP contribution in [0.5, 0.6) is 0 Å². The Hall–Kier alpha value is -2.31. The third kappa shape index (κ3) is 10.7. The molecule has 3 aromatic carbocycles. The van der Waals surface area contributed by atoms with Crippen LogP contribution in [0.15, 0.2) is 108 Å². The fourth-order valence-corrected chi connectivity index (χ4v) is 6.48. The molecule has 0 amide bonds. The van der Waals surface area contributed by atoms with E-state index >= 15 is 0 Å². The zero-order valence-corrected chi connectivity index (χ0v) is 31.0. The Balaban J connectivity index is 0.000000260. The summed E-state index contributed by atoms with van der Waals surface area (Å²) in [5, 5.41) is 2.75. The van der Waals surface area contributed by atoms with Gasteiger partial charge in [-0.3, -0.25) is 6.08 Å². The molecule has 0 bridgehead atoms. The van der Waals surface area contributed by atoms with Crippen LogP contribution in [0.3, 0.4) is 0 Å². The summed E-state index contributed by atoms with van der Waals surface area (Å²) in [5.41, 5.74) is 9.83. The molecule has 228 valence electrons. The second-order valence-electron chi connectivity index (χ2n) is 11.8. The van der Waals surface area contributed by atoms with Gasteiger partial charge in [0, 0.05) is 0 Å². The molecular weight excluding hydrogens is 655 g/mol. The Bertz CT molecular complexity index is 1570. The topological polar surface area (TPSA) is 0 Å². The monoisotopic (exact) mass is 698 g/mol. The summed E-state index contributed by atoms with van der Waals surface area (Å²) >= 11 is 1.55. The molecule has 3 aliphatic carbocycles. The number of unbranched alkanes of at least 4 members (excludes halogenated alkanes) is 1. The Labute approximate surface area is 293 Å².